The number of aryl methyl sites for hydroxylation is 1. The maximum atomic E-state index is 11.9. The summed E-state index contributed by atoms with van der Waals surface area (Å²) in [6.45, 7) is 5.40. The molecule has 1 aliphatic heterocycles. The van der Waals surface area contributed by atoms with Crippen molar-refractivity contribution < 1.29 is 14.4 Å². The van der Waals surface area contributed by atoms with E-state index in [4.69, 9.17) is 0 Å². The van der Waals surface area contributed by atoms with E-state index < -0.39 is 11.6 Å². The molecule has 1 aliphatic rings. The van der Waals surface area contributed by atoms with Crippen molar-refractivity contribution in [3.8, 4) is 0 Å². The molecule has 0 aliphatic carbocycles. The van der Waals surface area contributed by atoms with Crippen molar-refractivity contribution in [3.63, 3.8) is 0 Å². The lowest BCUT2D eigenvalue weighted by Gasteiger charge is -2.15. The zero-order valence-electron chi connectivity index (χ0n) is 12.2. The van der Waals surface area contributed by atoms with Gasteiger partial charge in [0, 0.05) is 18.3 Å². The lowest BCUT2D eigenvalue weighted by Crippen LogP contribution is -2.40. The van der Waals surface area contributed by atoms with Gasteiger partial charge in [-0.1, -0.05) is 0 Å². The summed E-state index contributed by atoms with van der Waals surface area (Å²) in [5.74, 6) is -0.431. The number of aromatic nitrogens is 1. The standard InChI is InChI=1S/C13H18N4O3S/c1-8-7-21-11(14-8)15-9(18)5-4-6-17-10(19)13(2,3)16-12(17)20/h7H,4-6H2,1-3H3,(H,16,20)(H,14,15,18). The Kier molecular flexibility index (Phi) is 4.26. The second kappa shape index (κ2) is 5.80. The number of urea groups is 1. The molecule has 2 N–H and O–H groups in total. The SMILES string of the molecule is Cc1csc(NC(=O)CCCN2C(=O)NC(C)(C)C2=O)n1. The first-order valence-electron chi connectivity index (χ1n) is 6.66. The Morgan fingerprint density at radius 2 is 2.19 bits per heavy atom. The van der Waals surface area contributed by atoms with E-state index in [2.05, 4.69) is 15.6 Å². The molecule has 0 radical (unpaired) electrons. The van der Waals surface area contributed by atoms with Gasteiger partial charge in [-0.2, -0.15) is 0 Å². The molecule has 21 heavy (non-hydrogen) atoms. The van der Waals surface area contributed by atoms with Gasteiger partial charge in [0.05, 0.1) is 5.69 Å². The molecule has 1 saturated heterocycles. The largest absolute Gasteiger partial charge is 0.325 e. The summed E-state index contributed by atoms with van der Waals surface area (Å²) in [6.07, 6.45) is 0.654. The summed E-state index contributed by atoms with van der Waals surface area (Å²) in [5.41, 5.74) is -0.00513. The predicted octanol–water partition coefficient (Wildman–Crippen LogP) is 1.50. The first-order chi connectivity index (χ1) is 9.79. The Balaban J connectivity index is 1.78. The average molecular weight is 310 g/mol. The number of nitrogens with zero attached hydrogens (tertiary/aromatic N) is 2. The van der Waals surface area contributed by atoms with E-state index in [1.54, 1.807) is 13.8 Å². The molecule has 114 valence electrons. The van der Waals surface area contributed by atoms with Gasteiger partial charge in [0.2, 0.25) is 5.91 Å². The van der Waals surface area contributed by atoms with Crippen LogP contribution in [0.5, 0.6) is 0 Å². The highest BCUT2D eigenvalue weighted by molar-refractivity contribution is 7.13. The van der Waals surface area contributed by atoms with Crippen molar-refractivity contribution in [3.05, 3.63) is 11.1 Å². The Labute approximate surface area is 126 Å². The number of hydrogen-bond acceptors (Lipinski definition) is 5. The van der Waals surface area contributed by atoms with Crippen molar-refractivity contribution in [2.24, 2.45) is 0 Å². The fraction of sp³-hybridized carbons (Fsp3) is 0.538. The molecule has 0 atom stereocenters. The summed E-state index contributed by atoms with van der Waals surface area (Å²) in [7, 11) is 0. The Morgan fingerprint density at radius 1 is 1.48 bits per heavy atom. The Bertz CT molecular complexity index is 582. The average Bonchev–Trinajstić information content (AvgIpc) is 2.85. The van der Waals surface area contributed by atoms with Crippen LogP contribution in [0.15, 0.2) is 5.38 Å². The molecular formula is C13H18N4O3S. The van der Waals surface area contributed by atoms with Gasteiger partial charge in [0.25, 0.3) is 5.91 Å². The van der Waals surface area contributed by atoms with Gasteiger partial charge in [-0.05, 0) is 27.2 Å². The van der Waals surface area contributed by atoms with Gasteiger partial charge in [0.1, 0.15) is 5.54 Å². The third-order valence-electron chi connectivity index (χ3n) is 3.10. The van der Waals surface area contributed by atoms with Crippen LogP contribution < -0.4 is 10.6 Å². The number of hydrogen-bond donors (Lipinski definition) is 2. The third kappa shape index (κ3) is 3.57. The molecule has 0 unspecified atom stereocenters. The second-order valence-electron chi connectivity index (χ2n) is 5.46. The molecule has 1 aromatic rings. The van der Waals surface area contributed by atoms with Crippen LogP contribution in [0.4, 0.5) is 9.93 Å². The number of amides is 4. The van der Waals surface area contributed by atoms with E-state index in [0.29, 0.717) is 11.6 Å². The van der Waals surface area contributed by atoms with Gasteiger partial charge in [-0.3, -0.25) is 14.5 Å². The highest BCUT2D eigenvalue weighted by Crippen LogP contribution is 2.18. The minimum absolute atomic E-state index is 0.171. The van der Waals surface area contributed by atoms with Crippen LogP contribution >= 0.6 is 11.3 Å². The van der Waals surface area contributed by atoms with Crippen LogP contribution in [0, 0.1) is 6.92 Å². The van der Waals surface area contributed by atoms with Gasteiger partial charge >= 0.3 is 6.03 Å². The number of imide groups is 1. The number of rotatable bonds is 5. The van der Waals surface area contributed by atoms with Crippen LogP contribution in [-0.4, -0.2) is 39.8 Å². The molecule has 1 aromatic heterocycles. The monoisotopic (exact) mass is 310 g/mol. The van der Waals surface area contributed by atoms with Gasteiger partial charge in [-0.15, -0.1) is 11.3 Å². The Morgan fingerprint density at radius 3 is 2.71 bits per heavy atom. The molecular weight excluding hydrogens is 292 g/mol. The highest BCUT2D eigenvalue weighted by Gasteiger charge is 2.43. The molecule has 0 aromatic carbocycles. The molecule has 1 fully saturated rings. The summed E-state index contributed by atoms with van der Waals surface area (Å²) in [4.78, 5) is 40.6. The van der Waals surface area contributed by atoms with Crippen LogP contribution in [0.25, 0.3) is 0 Å². The number of nitrogens with one attached hydrogen (secondary N) is 2. The smallest absolute Gasteiger partial charge is 0.324 e. The molecule has 2 rings (SSSR count). The highest BCUT2D eigenvalue weighted by atomic mass is 32.1. The minimum Gasteiger partial charge on any atom is -0.324 e. The van der Waals surface area contributed by atoms with E-state index in [9.17, 15) is 14.4 Å². The fourth-order valence-corrected chi connectivity index (χ4v) is 2.72. The molecule has 0 bridgehead atoms. The zero-order chi connectivity index (χ0) is 15.6. The van der Waals surface area contributed by atoms with E-state index in [0.717, 1.165) is 10.6 Å². The van der Waals surface area contributed by atoms with Crippen LogP contribution in [-0.2, 0) is 9.59 Å². The van der Waals surface area contributed by atoms with Crippen LogP contribution in [0.1, 0.15) is 32.4 Å². The molecule has 0 spiro atoms. The summed E-state index contributed by atoms with van der Waals surface area (Å²) in [6, 6.07) is -0.402. The van der Waals surface area contributed by atoms with Gasteiger partial charge < -0.3 is 10.6 Å². The fourth-order valence-electron chi connectivity index (χ4n) is 2.01. The minimum atomic E-state index is -0.863. The lowest BCUT2D eigenvalue weighted by atomic mass is 10.1. The first kappa shape index (κ1) is 15.4. The van der Waals surface area contributed by atoms with Crippen molar-refractivity contribution in [1.29, 1.82) is 0 Å². The lowest BCUT2D eigenvalue weighted by molar-refractivity contribution is -0.130. The predicted molar refractivity (Wildman–Crippen MR) is 79.0 cm³/mol. The quantitative estimate of drug-likeness (QED) is 0.806. The number of thiazole rings is 1. The molecule has 7 nitrogen and oxygen atoms in total. The van der Waals surface area contributed by atoms with E-state index in [-0.39, 0.29) is 24.8 Å². The topological polar surface area (TPSA) is 91.4 Å². The number of carbonyl (C=O) groups excluding carboxylic acids is 3. The maximum absolute atomic E-state index is 11.9. The summed E-state index contributed by atoms with van der Waals surface area (Å²) < 4.78 is 0. The van der Waals surface area contributed by atoms with Gasteiger partial charge in [-0.25, -0.2) is 9.78 Å². The molecule has 4 amide bonds. The maximum Gasteiger partial charge on any atom is 0.325 e. The van der Waals surface area contributed by atoms with Crippen molar-refractivity contribution in [1.82, 2.24) is 15.2 Å². The van der Waals surface area contributed by atoms with Crippen molar-refractivity contribution in [2.45, 2.75) is 39.2 Å². The molecule has 8 heteroatoms. The number of anilines is 1. The van der Waals surface area contributed by atoms with E-state index >= 15 is 0 Å². The van der Waals surface area contributed by atoms with E-state index in [1.807, 2.05) is 12.3 Å². The summed E-state index contributed by atoms with van der Waals surface area (Å²) >= 11 is 1.37. The zero-order valence-corrected chi connectivity index (χ0v) is 13.0. The number of carbonyl (C=O) groups is 3. The summed E-state index contributed by atoms with van der Waals surface area (Å²) in [5, 5.41) is 7.71. The molecule has 0 saturated carbocycles. The third-order valence-corrected chi connectivity index (χ3v) is 3.97. The van der Waals surface area contributed by atoms with Gasteiger partial charge in [0.15, 0.2) is 5.13 Å². The molecule has 2 heterocycles. The van der Waals surface area contributed by atoms with Crippen LogP contribution in [0.3, 0.4) is 0 Å². The van der Waals surface area contributed by atoms with E-state index in [1.165, 1.54) is 11.3 Å². The van der Waals surface area contributed by atoms with Crippen molar-refractivity contribution >= 4 is 34.3 Å². The Hall–Kier alpha value is -1.96. The normalized spacial score (nSPS) is 17.0. The van der Waals surface area contributed by atoms with Crippen LogP contribution in [0.2, 0.25) is 0 Å². The second-order valence-corrected chi connectivity index (χ2v) is 6.32. The first-order valence-corrected chi connectivity index (χ1v) is 7.53. The van der Waals surface area contributed by atoms with Crippen molar-refractivity contribution in [2.75, 3.05) is 11.9 Å².